The maximum atomic E-state index is 13.0. The minimum atomic E-state index is 0.0248. The van der Waals surface area contributed by atoms with E-state index in [1.165, 1.54) is 19.3 Å². The van der Waals surface area contributed by atoms with Crippen molar-refractivity contribution in [3.63, 3.8) is 0 Å². The summed E-state index contributed by atoms with van der Waals surface area (Å²) in [7, 11) is 0. The SMILES string of the molecule is CCCCC(CC)CNC(=O)c1cc(-c2csc(C)n2)n(CC2CCCO2)c1C. The Morgan fingerprint density at radius 1 is 1.41 bits per heavy atom. The molecule has 5 nitrogen and oxygen atoms in total. The van der Waals surface area contributed by atoms with Crippen LogP contribution < -0.4 is 5.32 Å². The Labute approximate surface area is 178 Å². The monoisotopic (exact) mass is 417 g/mol. The zero-order chi connectivity index (χ0) is 20.8. The summed E-state index contributed by atoms with van der Waals surface area (Å²) < 4.78 is 8.10. The Bertz CT molecular complexity index is 805. The summed E-state index contributed by atoms with van der Waals surface area (Å²) >= 11 is 1.64. The number of thiazole rings is 1. The maximum absolute atomic E-state index is 13.0. The van der Waals surface area contributed by atoms with Crippen molar-refractivity contribution in [2.75, 3.05) is 13.2 Å². The Balaban J connectivity index is 1.80. The molecule has 0 bridgehead atoms. The zero-order valence-electron chi connectivity index (χ0n) is 18.3. The topological polar surface area (TPSA) is 56.2 Å². The Morgan fingerprint density at radius 2 is 2.24 bits per heavy atom. The van der Waals surface area contributed by atoms with E-state index in [1.807, 2.05) is 19.9 Å². The van der Waals surface area contributed by atoms with Gasteiger partial charge in [-0.15, -0.1) is 11.3 Å². The van der Waals surface area contributed by atoms with E-state index in [4.69, 9.17) is 4.74 Å². The van der Waals surface area contributed by atoms with E-state index in [0.717, 1.165) is 66.6 Å². The Kier molecular flexibility index (Phi) is 7.90. The molecule has 0 aromatic carbocycles. The third-order valence-electron chi connectivity index (χ3n) is 6.00. The van der Waals surface area contributed by atoms with Gasteiger partial charge in [0.25, 0.3) is 5.91 Å². The van der Waals surface area contributed by atoms with E-state index in [2.05, 4.69) is 34.1 Å². The third kappa shape index (κ3) is 5.48. The largest absolute Gasteiger partial charge is 0.376 e. The number of aromatic nitrogens is 2. The number of unbranched alkanes of at least 4 members (excludes halogenated alkanes) is 1. The molecule has 1 aliphatic rings. The number of aryl methyl sites for hydroxylation is 1. The molecule has 3 heterocycles. The first-order chi connectivity index (χ1) is 14.0. The van der Waals surface area contributed by atoms with Gasteiger partial charge in [-0.25, -0.2) is 4.98 Å². The molecule has 1 N–H and O–H groups in total. The second kappa shape index (κ2) is 10.4. The van der Waals surface area contributed by atoms with Crippen molar-refractivity contribution in [2.24, 2.45) is 5.92 Å². The summed E-state index contributed by atoms with van der Waals surface area (Å²) in [4.78, 5) is 17.7. The second-order valence-electron chi connectivity index (χ2n) is 8.15. The van der Waals surface area contributed by atoms with Crippen LogP contribution in [0.2, 0.25) is 0 Å². The van der Waals surface area contributed by atoms with Crippen molar-refractivity contribution in [1.82, 2.24) is 14.9 Å². The lowest BCUT2D eigenvalue weighted by molar-refractivity contribution is 0.0935. The Morgan fingerprint density at radius 3 is 2.86 bits per heavy atom. The number of nitrogens with zero attached hydrogens (tertiary/aromatic N) is 2. The van der Waals surface area contributed by atoms with Crippen LogP contribution in [0.15, 0.2) is 11.4 Å². The van der Waals surface area contributed by atoms with Crippen molar-refractivity contribution in [3.05, 3.63) is 27.7 Å². The van der Waals surface area contributed by atoms with E-state index in [0.29, 0.717) is 5.92 Å². The van der Waals surface area contributed by atoms with Gasteiger partial charge in [-0.3, -0.25) is 4.79 Å². The fourth-order valence-corrected chi connectivity index (χ4v) is 4.68. The van der Waals surface area contributed by atoms with Gasteiger partial charge in [-0.05, 0) is 45.1 Å². The highest BCUT2D eigenvalue weighted by Crippen LogP contribution is 2.29. The van der Waals surface area contributed by atoms with Crippen LogP contribution in [0.4, 0.5) is 0 Å². The van der Waals surface area contributed by atoms with Crippen LogP contribution >= 0.6 is 11.3 Å². The van der Waals surface area contributed by atoms with Crippen molar-refractivity contribution in [3.8, 4) is 11.4 Å². The van der Waals surface area contributed by atoms with E-state index in [9.17, 15) is 4.79 Å². The quantitative estimate of drug-likeness (QED) is 0.567. The van der Waals surface area contributed by atoms with Crippen molar-refractivity contribution in [2.45, 2.75) is 78.9 Å². The van der Waals surface area contributed by atoms with Gasteiger partial charge in [-0.2, -0.15) is 0 Å². The molecule has 0 radical (unpaired) electrons. The number of amides is 1. The normalized spacial score (nSPS) is 17.6. The first-order valence-corrected chi connectivity index (χ1v) is 11.9. The number of hydrogen-bond donors (Lipinski definition) is 1. The van der Waals surface area contributed by atoms with Crippen LogP contribution in [0.25, 0.3) is 11.4 Å². The molecule has 3 rings (SSSR count). The maximum Gasteiger partial charge on any atom is 0.253 e. The Hall–Kier alpha value is -1.66. The fourth-order valence-electron chi connectivity index (χ4n) is 4.07. The summed E-state index contributed by atoms with van der Waals surface area (Å²) in [5.41, 5.74) is 3.72. The lowest BCUT2D eigenvalue weighted by atomic mass is 9.99. The van der Waals surface area contributed by atoms with E-state index in [-0.39, 0.29) is 12.0 Å². The molecular weight excluding hydrogens is 382 g/mol. The van der Waals surface area contributed by atoms with Crippen molar-refractivity contribution < 1.29 is 9.53 Å². The average molecular weight is 418 g/mol. The van der Waals surface area contributed by atoms with Gasteiger partial charge in [0, 0.05) is 30.8 Å². The predicted molar refractivity (Wildman–Crippen MR) is 120 cm³/mol. The van der Waals surface area contributed by atoms with Crippen LogP contribution in [0, 0.1) is 19.8 Å². The number of nitrogens with one attached hydrogen (secondary N) is 1. The van der Waals surface area contributed by atoms with E-state index >= 15 is 0 Å². The summed E-state index contributed by atoms with van der Waals surface area (Å²) in [5, 5.41) is 6.31. The molecule has 6 heteroatoms. The second-order valence-corrected chi connectivity index (χ2v) is 9.21. The molecule has 2 aromatic heterocycles. The molecule has 0 spiro atoms. The number of carbonyl (C=O) groups is 1. The van der Waals surface area contributed by atoms with E-state index < -0.39 is 0 Å². The lowest BCUT2D eigenvalue weighted by Gasteiger charge is -2.16. The number of rotatable bonds is 10. The van der Waals surface area contributed by atoms with Gasteiger partial charge in [0.05, 0.1) is 28.1 Å². The van der Waals surface area contributed by atoms with Gasteiger partial charge < -0.3 is 14.6 Å². The lowest BCUT2D eigenvalue weighted by Crippen LogP contribution is -2.29. The molecule has 29 heavy (non-hydrogen) atoms. The van der Waals surface area contributed by atoms with Gasteiger partial charge in [-0.1, -0.05) is 33.1 Å². The fraction of sp³-hybridized carbons (Fsp3) is 0.652. The van der Waals surface area contributed by atoms with Gasteiger partial charge in [0.1, 0.15) is 0 Å². The third-order valence-corrected chi connectivity index (χ3v) is 6.77. The number of ether oxygens (including phenoxy) is 1. The van der Waals surface area contributed by atoms with Crippen molar-refractivity contribution in [1.29, 1.82) is 0 Å². The van der Waals surface area contributed by atoms with Crippen molar-refractivity contribution >= 4 is 17.2 Å². The predicted octanol–water partition coefficient (Wildman–Crippen LogP) is 5.35. The minimum Gasteiger partial charge on any atom is -0.376 e. The molecule has 2 atom stereocenters. The molecule has 1 aliphatic heterocycles. The van der Waals surface area contributed by atoms with Crippen LogP contribution in [0.1, 0.15) is 73.4 Å². The molecule has 2 unspecified atom stereocenters. The first-order valence-electron chi connectivity index (χ1n) is 11.1. The standard InChI is InChI=1S/C23H35N3O2S/c1-5-7-9-18(6-2)13-24-23(27)20-12-22(21-15-29-17(4)25-21)26(16(20)3)14-19-10-8-11-28-19/h12,15,18-19H,5-11,13-14H2,1-4H3,(H,24,27). The minimum absolute atomic E-state index is 0.0248. The highest BCUT2D eigenvalue weighted by molar-refractivity contribution is 7.09. The van der Waals surface area contributed by atoms with Crippen LogP contribution in [0.5, 0.6) is 0 Å². The van der Waals surface area contributed by atoms with Gasteiger partial charge >= 0.3 is 0 Å². The molecule has 2 aromatic rings. The molecule has 0 aliphatic carbocycles. The van der Waals surface area contributed by atoms with Gasteiger partial charge in [0.15, 0.2) is 0 Å². The first kappa shape index (κ1) is 22.0. The van der Waals surface area contributed by atoms with Crippen LogP contribution in [-0.4, -0.2) is 34.7 Å². The van der Waals surface area contributed by atoms with E-state index in [1.54, 1.807) is 11.3 Å². The summed E-state index contributed by atoms with van der Waals surface area (Å²) in [6.07, 6.45) is 7.10. The molecule has 160 valence electrons. The summed E-state index contributed by atoms with van der Waals surface area (Å²) in [6, 6.07) is 2.01. The molecule has 0 saturated carbocycles. The average Bonchev–Trinajstić information content (AvgIpc) is 3.44. The number of hydrogen-bond acceptors (Lipinski definition) is 4. The van der Waals surface area contributed by atoms with Crippen LogP contribution in [-0.2, 0) is 11.3 Å². The molecular formula is C23H35N3O2S. The summed E-state index contributed by atoms with van der Waals surface area (Å²) in [5.74, 6) is 0.575. The highest BCUT2D eigenvalue weighted by Gasteiger charge is 2.24. The smallest absolute Gasteiger partial charge is 0.253 e. The molecule has 1 saturated heterocycles. The number of carbonyl (C=O) groups excluding carboxylic acids is 1. The van der Waals surface area contributed by atoms with Crippen LogP contribution in [0.3, 0.4) is 0 Å². The summed E-state index contributed by atoms with van der Waals surface area (Å²) in [6.45, 7) is 10.8. The molecule has 1 amide bonds. The highest BCUT2D eigenvalue weighted by atomic mass is 32.1. The van der Waals surface area contributed by atoms with Gasteiger partial charge in [0.2, 0.25) is 0 Å². The zero-order valence-corrected chi connectivity index (χ0v) is 19.1. The molecule has 1 fully saturated rings.